The van der Waals surface area contributed by atoms with Gasteiger partial charge in [0.25, 0.3) is 0 Å². The van der Waals surface area contributed by atoms with Crippen molar-refractivity contribution >= 4 is 17.3 Å². The molecule has 2 aromatic carbocycles. The highest BCUT2D eigenvalue weighted by Crippen LogP contribution is 2.35. The normalized spacial score (nSPS) is 20.7. The molecule has 2 N–H and O–H groups in total. The molecule has 0 saturated heterocycles. The fraction of sp³-hybridized carbons (Fsp3) is 0.240. The quantitative estimate of drug-likeness (QED) is 0.811. The first kappa shape index (κ1) is 18.4. The SMILES string of the molecule is NC(=O)c1ccc2c(c1)C(=O)CCC(Cc1ccccc1)C/C=C\2CC1=C[CH]1. The van der Waals surface area contributed by atoms with Gasteiger partial charge >= 0.3 is 0 Å². The van der Waals surface area contributed by atoms with Gasteiger partial charge in [-0.25, -0.2) is 0 Å². The van der Waals surface area contributed by atoms with Crippen LogP contribution in [0, 0.1) is 12.3 Å². The average molecular weight is 370 g/mol. The van der Waals surface area contributed by atoms with E-state index >= 15 is 0 Å². The number of benzene rings is 2. The summed E-state index contributed by atoms with van der Waals surface area (Å²) in [5, 5.41) is 0. The third kappa shape index (κ3) is 4.30. The van der Waals surface area contributed by atoms with Gasteiger partial charge < -0.3 is 5.73 Å². The Balaban J connectivity index is 1.67. The third-order valence-corrected chi connectivity index (χ3v) is 5.59. The van der Waals surface area contributed by atoms with Gasteiger partial charge in [0.15, 0.2) is 5.78 Å². The number of fused-ring (bicyclic) bond motifs is 1. The van der Waals surface area contributed by atoms with Crippen molar-refractivity contribution in [3.63, 3.8) is 0 Å². The molecule has 3 heteroatoms. The maximum Gasteiger partial charge on any atom is 0.248 e. The van der Waals surface area contributed by atoms with Crippen LogP contribution in [0.15, 0.2) is 66.3 Å². The highest BCUT2D eigenvalue weighted by atomic mass is 16.1. The van der Waals surface area contributed by atoms with Crippen LogP contribution in [-0.2, 0) is 6.42 Å². The average Bonchev–Trinajstić information content (AvgIpc) is 3.52. The minimum atomic E-state index is -0.499. The summed E-state index contributed by atoms with van der Waals surface area (Å²) in [6.45, 7) is 0. The Morgan fingerprint density at radius 1 is 1.07 bits per heavy atom. The van der Waals surface area contributed by atoms with E-state index in [4.69, 9.17) is 5.73 Å². The van der Waals surface area contributed by atoms with Crippen molar-refractivity contribution < 1.29 is 9.59 Å². The Labute approximate surface area is 166 Å². The van der Waals surface area contributed by atoms with Gasteiger partial charge in [0, 0.05) is 24.0 Å². The highest BCUT2D eigenvalue weighted by Gasteiger charge is 2.22. The summed E-state index contributed by atoms with van der Waals surface area (Å²) in [5.74, 6) is 0.0161. The number of hydrogen-bond acceptors (Lipinski definition) is 2. The predicted molar refractivity (Wildman–Crippen MR) is 112 cm³/mol. The maximum atomic E-state index is 13.0. The molecule has 4 rings (SSSR count). The fourth-order valence-corrected chi connectivity index (χ4v) is 3.91. The molecule has 1 amide bonds. The monoisotopic (exact) mass is 370 g/mol. The summed E-state index contributed by atoms with van der Waals surface area (Å²) < 4.78 is 0. The van der Waals surface area contributed by atoms with Gasteiger partial charge in [-0.05, 0) is 60.4 Å². The summed E-state index contributed by atoms with van der Waals surface area (Å²) in [6, 6.07) is 15.7. The first-order valence-electron chi connectivity index (χ1n) is 9.84. The summed E-state index contributed by atoms with van der Waals surface area (Å²) in [4.78, 5) is 24.7. The van der Waals surface area contributed by atoms with Gasteiger partial charge in [-0.1, -0.05) is 54.1 Å². The van der Waals surface area contributed by atoms with E-state index in [1.54, 1.807) is 12.1 Å². The fourth-order valence-electron chi connectivity index (χ4n) is 3.91. The number of amides is 1. The van der Waals surface area contributed by atoms with Crippen LogP contribution in [0.4, 0.5) is 0 Å². The van der Waals surface area contributed by atoms with Crippen molar-refractivity contribution in [2.45, 2.75) is 32.1 Å². The third-order valence-electron chi connectivity index (χ3n) is 5.59. The number of primary amides is 1. The molecule has 0 fully saturated rings. The number of rotatable bonds is 5. The molecule has 1 atom stereocenters. The van der Waals surface area contributed by atoms with E-state index in [-0.39, 0.29) is 5.78 Å². The minimum Gasteiger partial charge on any atom is -0.366 e. The Morgan fingerprint density at radius 3 is 2.57 bits per heavy atom. The van der Waals surface area contributed by atoms with E-state index in [0.717, 1.165) is 31.2 Å². The van der Waals surface area contributed by atoms with Crippen molar-refractivity contribution in [2.75, 3.05) is 0 Å². The van der Waals surface area contributed by atoms with Crippen molar-refractivity contribution in [1.29, 1.82) is 0 Å². The van der Waals surface area contributed by atoms with Crippen molar-refractivity contribution in [3.8, 4) is 0 Å². The van der Waals surface area contributed by atoms with E-state index in [2.05, 4.69) is 42.8 Å². The molecule has 0 saturated carbocycles. The molecule has 0 bridgehead atoms. The molecule has 0 aromatic heterocycles. The first-order valence-corrected chi connectivity index (χ1v) is 9.84. The highest BCUT2D eigenvalue weighted by molar-refractivity contribution is 6.04. The molecule has 141 valence electrons. The molecule has 1 unspecified atom stereocenters. The van der Waals surface area contributed by atoms with Crippen molar-refractivity contribution in [1.82, 2.24) is 0 Å². The van der Waals surface area contributed by atoms with Crippen LogP contribution in [0.3, 0.4) is 0 Å². The molecule has 2 aliphatic carbocycles. The lowest BCUT2D eigenvalue weighted by Crippen LogP contribution is -2.13. The van der Waals surface area contributed by atoms with Gasteiger partial charge in [-0.2, -0.15) is 0 Å². The summed E-state index contributed by atoms with van der Waals surface area (Å²) in [6.07, 6.45) is 10.6. The number of Topliss-reactive ketones (excluding diaryl/α,β-unsaturated/α-hetero) is 1. The second-order valence-electron chi connectivity index (χ2n) is 7.69. The largest absolute Gasteiger partial charge is 0.366 e. The van der Waals surface area contributed by atoms with E-state index in [0.29, 0.717) is 23.5 Å². The summed E-state index contributed by atoms with van der Waals surface area (Å²) >= 11 is 0. The Kier molecular flexibility index (Phi) is 5.25. The Bertz CT molecular complexity index is 969. The Morgan fingerprint density at radius 2 is 1.86 bits per heavy atom. The lowest BCUT2D eigenvalue weighted by molar-refractivity contribution is 0.0973. The molecule has 0 heterocycles. The molecule has 0 spiro atoms. The molecular formula is C25H24NO2. The molecule has 2 aliphatic rings. The van der Waals surface area contributed by atoms with Gasteiger partial charge in [-0.15, -0.1) is 0 Å². The van der Waals surface area contributed by atoms with Crippen LogP contribution < -0.4 is 5.73 Å². The molecule has 3 nitrogen and oxygen atoms in total. The van der Waals surface area contributed by atoms with E-state index < -0.39 is 5.91 Å². The summed E-state index contributed by atoms with van der Waals surface area (Å²) in [5.41, 5.74) is 11.2. The number of hydrogen-bond donors (Lipinski definition) is 1. The van der Waals surface area contributed by atoms with Gasteiger partial charge in [0.2, 0.25) is 5.91 Å². The minimum absolute atomic E-state index is 0.0951. The van der Waals surface area contributed by atoms with Gasteiger partial charge in [0.1, 0.15) is 0 Å². The zero-order valence-corrected chi connectivity index (χ0v) is 15.9. The summed E-state index contributed by atoms with van der Waals surface area (Å²) in [7, 11) is 0. The molecule has 28 heavy (non-hydrogen) atoms. The van der Waals surface area contributed by atoms with Crippen LogP contribution in [0.1, 0.15) is 57.5 Å². The van der Waals surface area contributed by atoms with Crippen LogP contribution >= 0.6 is 0 Å². The zero-order valence-electron chi connectivity index (χ0n) is 15.9. The predicted octanol–water partition coefficient (Wildman–Crippen LogP) is 4.93. The molecular weight excluding hydrogens is 346 g/mol. The topological polar surface area (TPSA) is 60.2 Å². The molecule has 0 aliphatic heterocycles. The number of allylic oxidation sites excluding steroid dienone is 4. The second kappa shape index (κ2) is 7.97. The number of ketones is 1. The van der Waals surface area contributed by atoms with Crippen LogP contribution in [0.5, 0.6) is 0 Å². The maximum absolute atomic E-state index is 13.0. The van der Waals surface area contributed by atoms with Gasteiger partial charge in [0.05, 0.1) is 0 Å². The van der Waals surface area contributed by atoms with Gasteiger partial charge in [-0.3, -0.25) is 9.59 Å². The van der Waals surface area contributed by atoms with Crippen LogP contribution in [0.25, 0.3) is 5.57 Å². The standard InChI is InChI=1S/C25H24NO2/c26-25(28)21-11-12-22-20(15-19-6-7-19)10-8-18(9-13-24(27)23(22)16-21)14-17-4-2-1-3-5-17/h1-7,10-12,16,18H,8-9,13-15H2,(H2,26,28)/b20-10-. The Hall–Kier alpha value is -2.94. The van der Waals surface area contributed by atoms with E-state index in [1.807, 2.05) is 12.1 Å². The second-order valence-corrected chi connectivity index (χ2v) is 7.69. The smallest absolute Gasteiger partial charge is 0.248 e. The van der Waals surface area contributed by atoms with E-state index in [1.165, 1.54) is 16.7 Å². The number of nitrogens with two attached hydrogens (primary N) is 1. The molecule has 2 aromatic rings. The molecule has 1 radical (unpaired) electrons. The number of carbonyl (C=O) groups is 2. The van der Waals surface area contributed by atoms with E-state index in [9.17, 15) is 9.59 Å². The zero-order chi connectivity index (χ0) is 19.5. The van der Waals surface area contributed by atoms with Crippen molar-refractivity contribution in [3.05, 3.63) is 94.9 Å². The number of carbonyl (C=O) groups excluding carboxylic acids is 2. The lowest BCUT2D eigenvalue weighted by atomic mass is 9.90. The van der Waals surface area contributed by atoms with Crippen molar-refractivity contribution in [2.24, 2.45) is 11.7 Å². The van der Waals surface area contributed by atoms with Crippen LogP contribution in [0.2, 0.25) is 0 Å². The lowest BCUT2D eigenvalue weighted by Gasteiger charge is -2.14. The van der Waals surface area contributed by atoms with Crippen LogP contribution in [-0.4, -0.2) is 11.7 Å². The first-order chi connectivity index (χ1) is 13.6.